The lowest BCUT2D eigenvalue weighted by Gasteiger charge is -2.34. The van der Waals surface area contributed by atoms with Crippen LogP contribution < -0.4 is 0 Å². The standard InChI is InChI=1S/C19H24FN/c1-19(12-9-15-3-4-15,16-5-7-18(20)8-6-16)17-10-13-21(2)14-11-17/h5-8,10-11,13,15H,3-4,9,12,14H2,1-2H3. The summed E-state index contributed by atoms with van der Waals surface area (Å²) in [6.45, 7) is 3.26. The van der Waals surface area contributed by atoms with Gasteiger partial charge in [0.1, 0.15) is 5.82 Å². The average Bonchev–Trinajstić information content (AvgIpc) is 3.30. The Kier molecular flexibility index (Phi) is 3.88. The summed E-state index contributed by atoms with van der Waals surface area (Å²) in [4.78, 5) is 2.18. The molecule has 21 heavy (non-hydrogen) atoms. The number of benzene rings is 1. The molecular formula is C19H24FN. The molecule has 1 fully saturated rings. The Morgan fingerprint density at radius 2 is 1.95 bits per heavy atom. The molecular weight excluding hydrogens is 261 g/mol. The minimum Gasteiger partial charge on any atom is -0.377 e. The van der Waals surface area contributed by atoms with Crippen molar-refractivity contribution in [2.75, 3.05) is 13.6 Å². The molecule has 1 aliphatic carbocycles. The van der Waals surface area contributed by atoms with Crippen LogP contribution in [0, 0.1) is 11.7 Å². The second kappa shape index (κ2) is 5.67. The molecule has 1 unspecified atom stereocenters. The minimum absolute atomic E-state index is 0.00590. The molecule has 0 amide bonds. The Bertz CT molecular complexity index is 553. The van der Waals surface area contributed by atoms with E-state index in [1.54, 1.807) is 12.1 Å². The van der Waals surface area contributed by atoms with Crippen LogP contribution >= 0.6 is 0 Å². The molecule has 2 aliphatic rings. The van der Waals surface area contributed by atoms with E-state index in [2.05, 4.69) is 37.2 Å². The molecule has 0 radical (unpaired) electrons. The molecule has 0 spiro atoms. The van der Waals surface area contributed by atoms with E-state index in [-0.39, 0.29) is 11.2 Å². The molecule has 0 saturated heterocycles. The highest BCUT2D eigenvalue weighted by atomic mass is 19.1. The molecule has 112 valence electrons. The quantitative estimate of drug-likeness (QED) is 0.760. The zero-order valence-electron chi connectivity index (χ0n) is 13.0. The van der Waals surface area contributed by atoms with E-state index in [4.69, 9.17) is 0 Å². The van der Waals surface area contributed by atoms with Crippen molar-refractivity contribution in [3.05, 3.63) is 59.6 Å². The summed E-state index contributed by atoms with van der Waals surface area (Å²) in [6, 6.07) is 7.08. The van der Waals surface area contributed by atoms with E-state index in [0.29, 0.717) is 0 Å². The van der Waals surface area contributed by atoms with Crippen LogP contribution in [0.15, 0.2) is 48.2 Å². The van der Waals surface area contributed by atoms with Gasteiger partial charge in [-0.3, -0.25) is 0 Å². The lowest BCUT2D eigenvalue weighted by Crippen LogP contribution is -2.27. The lowest BCUT2D eigenvalue weighted by atomic mass is 9.71. The summed E-state index contributed by atoms with van der Waals surface area (Å²) < 4.78 is 13.3. The third kappa shape index (κ3) is 3.20. The first-order valence-corrected chi connectivity index (χ1v) is 7.93. The maximum absolute atomic E-state index is 13.3. The summed E-state index contributed by atoms with van der Waals surface area (Å²) in [5.41, 5.74) is 2.59. The van der Waals surface area contributed by atoms with Gasteiger partial charge in [0.05, 0.1) is 0 Å². The largest absolute Gasteiger partial charge is 0.377 e. The highest BCUT2D eigenvalue weighted by Gasteiger charge is 2.33. The summed E-state index contributed by atoms with van der Waals surface area (Å²) in [6.07, 6.45) is 11.9. The number of hydrogen-bond acceptors (Lipinski definition) is 1. The molecule has 1 aromatic rings. The molecule has 0 N–H and O–H groups in total. The van der Waals surface area contributed by atoms with Gasteiger partial charge in [-0.15, -0.1) is 0 Å². The van der Waals surface area contributed by atoms with Crippen LogP contribution in [0.5, 0.6) is 0 Å². The van der Waals surface area contributed by atoms with Gasteiger partial charge in [-0.25, -0.2) is 4.39 Å². The van der Waals surface area contributed by atoms with Gasteiger partial charge in [-0.1, -0.05) is 38.0 Å². The van der Waals surface area contributed by atoms with Crippen LogP contribution in [0.1, 0.15) is 38.2 Å². The van der Waals surface area contributed by atoms with Gasteiger partial charge >= 0.3 is 0 Å². The fourth-order valence-electron chi connectivity index (χ4n) is 3.16. The van der Waals surface area contributed by atoms with E-state index < -0.39 is 0 Å². The van der Waals surface area contributed by atoms with Gasteiger partial charge in [0.25, 0.3) is 0 Å². The molecule has 1 nitrogen and oxygen atoms in total. The second-order valence-corrected chi connectivity index (χ2v) is 6.74. The number of halogens is 1. The number of likely N-dealkylation sites (N-methyl/N-ethyl adjacent to an activating group) is 1. The number of rotatable bonds is 5. The summed E-state index contributed by atoms with van der Waals surface area (Å²) in [5, 5.41) is 0. The molecule has 3 rings (SSSR count). The smallest absolute Gasteiger partial charge is 0.123 e. The predicted molar refractivity (Wildman–Crippen MR) is 85.6 cm³/mol. The van der Waals surface area contributed by atoms with Crippen LogP contribution in [0.4, 0.5) is 4.39 Å². The zero-order valence-corrected chi connectivity index (χ0v) is 13.0. The first-order chi connectivity index (χ1) is 10.1. The summed E-state index contributed by atoms with van der Waals surface area (Å²) in [5.74, 6) is 0.761. The molecule has 1 aromatic carbocycles. The van der Waals surface area contributed by atoms with Gasteiger partial charge in [0.15, 0.2) is 0 Å². The fraction of sp³-hybridized carbons (Fsp3) is 0.474. The summed E-state index contributed by atoms with van der Waals surface area (Å²) >= 11 is 0. The summed E-state index contributed by atoms with van der Waals surface area (Å²) in [7, 11) is 2.09. The maximum Gasteiger partial charge on any atom is 0.123 e. The molecule has 1 atom stereocenters. The predicted octanol–water partition coefficient (Wildman–Crippen LogP) is 4.66. The first kappa shape index (κ1) is 14.4. The van der Waals surface area contributed by atoms with Gasteiger partial charge in [-0.05, 0) is 54.3 Å². The maximum atomic E-state index is 13.3. The molecule has 2 heteroatoms. The highest BCUT2D eigenvalue weighted by Crippen LogP contribution is 2.43. The third-order valence-electron chi connectivity index (χ3n) is 4.98. The molecule has 0 bridgehead atoms. The van der Waals surface area contributed by atoms with Crippen LogP contribution in [0.3, 0.4) is 0 Å². The first-order valence-electron chi connectivity index (χ1n) is 7.93. The van der Waals surface area contributed by atoms with E-state index in [9.17, 15) is 4.39 Å². The third-order valence-corrected chi connectivity index (χ3v) is 4.98. The van der Waals surface area contributed by atoms with Crippen LogP contribution in [0.25, 0.3) is 0 Å². The van der Waals surface area contributed by atoms with Crippen molar-refractivity contribution >= 4 is 0 Å². The van der Waals surface area contributed by atoms with Crippen molar-refractivity contribution in [3.8, 4) is 0 Å². The normalized spacial score (nSPS) is 21.1. The van der Waals surface area contributed by atoms with Crippen LogP contribution in [-0.4, -0.2) is 18.5 Å². The van der Waals surface area contributed by atoms with Crippen molar-refractivity contribution < 1.29 is 4.39 Å². The SMILES string of the molecule is CN1C=CC(C(C)(CCC2CC2)c2ccc(F)cc2)=CC1. The Morgan fingerprint density at radius 1 is 1.24 bits per heavy atom. The van der Waals surface area contributed by atoms with Crippen molar-refractivity contribution in [3.63, 3.8) is 0 Å². The van der Waals surface area contributed by atoms with Crippen molar-refractivity contribution in [1.29, 1.82) is 0 Å². The zero-order chi connectivity index (χ0) is 14.9. The van der Waals surface area contributed by atoms with Crippen molar-refractivity contribution in [2.45, 2.75) is 38.0 Å². The van der Waals surface area contributed by atoms with Gasteiger partial charge in [0, 0.05) is 19.0 Å². The van der Waals surface area contributed by atoms with Crippen molar-refractivity contribution in [2.24, 2.45) is 5.92 Å². The minimum atomic E-state index is -0.156. The number of nitrogens with zero attached hydrogens (tertiary/aromatic N) is 1. The topological polar surface area (TPSA) is 3.24 Å². The van der Waals surface area contributed by atoms with E-state index >= 15 is 0 Å². The van der Waals surface area contributed by atoms with E-state index in [0.717, 1.165) is 18.9 Å². The Morgan fingerprint density at radius 3 is 2.52 bits per heavy atom. The van der Waals surface area contributed by atoms with Gasteiger partial charge < -0.3 is 4.90 Å². The molecule has 1 heterocycles. The van der Waals surface area contributed by atoms with Crippen LogP contribution in [0.2, 0.25) is 0 Å². The van der Waals surface area contributed by atoms with Gasteiger partial charge in [-0.2, -0.15) is 0 Å². The lowest BCUT2D eigenvalue weighted by molar-refractivity contribution is 0.452. The highest BCUT2D eigenvalue weighted by molar-refractivity contribution is 5.42. The molecule has 1 saturated carbocycles. The van der Waals surface area contributed by atoms with Crippen LogP contribution in [-0.2, 0) is 5.41 Å². The Balaban J connectivity index is 1.89. The van der Waals surface area contributed by atoms with Crippen molar-refractivity contribution in [1.82, 2.24) is 4.90 Å². The molecule has 0 aromatic heterocycles. The Hall–Kier alpha value is -1.57. The van der Waals surface area contributed by atoms with E-state index in [1.165, 1.54) is 30.4 Å². The Labute approximate surface area is 127 Å². The van der Waals surface area contributed by atoms with E-state index in [1.807, 2.05) is 12.1 Å². The van der Waals surface area contributed by atoms with Gasteiger partial charge in [0.2, 0.25) is 0 Å². The monoisotopic (exact) mass is 285 g/mol. The average molecular weight is 285 g/mol. The second-order valence-electron chi connectivity index (χ2n) is 6.74. The number of allylic oxidation sites excluding steroid dienone is 2. The number of hydrogen-bond donors (Lipinski definition) is 0. The molecule has 1 aliphatic heterocycles. The fourth-order valence-corrected chi connectivity index (χ4v) is 3.16.